The van der Waals surface area contributed by atoms with Crippen LogP contribution in [0.1, 0.15) is 18.1 Å². The highest BCUT2D eigenvalue weighted by Crippen LogP contribution is 2.39. The maximum absolute atomic E-state index is 13.1. The Morgan fingerprint density at radius 1 is 1.08 bits per heavy atom. The number of nitrogens with zero attached hydrogens (tertiary/aromatic N) is 3. The number of carbonyl (C=O) groups excluding carboxylic acids is 1. The number of methoxy groups -OCH3 is 2. The van der Waals surface area contributed by atoms with Gasteiger partial charge in [-0.2, -0.15) is 0 Å². The first-order valence-electron chi connectivity index (χ1n) is 11.5. The molecule has 1 aliphatic rings. The molecule has 1 heterocycles. The lowest BCUT2D eigenvalue weighted by Gasteiger charge is -2.13. The first kappa shape index (κ1) is 27.2. The number of rotatable bonds is 9. The van der Waals surface area contributed by atoms with E-state index in [4.69, 9.17) is 14.2 Å². The molecule has 9 nitrogen and oxygen atoms in total. The first-order valence-corrected chi connectivity index (χ1v) is 13.1. The van der Waals surface area contributed by atoms with E-state index in [9.17, 15) is 14.9 Å². The summed E-state index contributed by atoms with van der Waals surface area (Å²) in [6, 6.07) is 17.1. The molecule has 0 aromatic heterocycles. The predicted octanol–water partition coefficient (Wildman–Crippen LogP) is 6.58. The van der Waals surface area contributed by atoms with Gasteiger partial charge in [0.05, 0.1) is 29.7 Å². The van der Waals surface area contributed by atoms with Crippen molar-refractivity contribution in [3.63, 3.8) is 0 Å². The van der Waals surface area contributed by atoms with Gasteiger partial charge in [-0.25, -0.2) is 4.99 Å². The highest BCUT2D eigenvalue weighted by Gasteiger charge is 2.32. The van der Waals surface area contributed by atoms with E-state index in [0.29, 0.717) is 43.8 Å². The molecule has 3 aromatic rings. The molecule has 0 radical (unpaired) electrons. The molecule has 0 aliphatic carbocycles. The standard InChI is InChI=1S/C27H24BrN3O6S/c1-4-30-26(32)25(38-27(30)29-19-8-10-21(35-2)11-9-19)14-18-13-23(36-3)24(15-22(18)28)37-16-17-6-5-7-20(12-17)31(33)34/h5-15H,4,16H2,1-3H3/b25-14+,29-27?. The van der Waals surface area contributed by atoms with E-state index < -0.39 is 4.92 Å². The average molecular weight is 598 g/mol. The van der Waals surface area contributed by atoms with Crippen LogP contribution in [0.2, 0.25) is 0 Å². The number of hydrogen-bond donors (Lipinski definition) is 0. The van der Waals surface area contributed by atoms with Crippen molar-refractivity contribution in [2.75, 3.05) is 20.8 Å². The molecule has 4 rings (SSSR count). The topological polar surface area (TPSA) is 104 Å². The van der Waals surface area contributed by atoms with Crippen molar-refractivity contribution in [3.05, 3.63) is 91.3 Å². The average Bonchev–Trinajstić information content (AvgIpc) is 3.22. The highest BCUT2D eigenvalue weighted by molar-refractivity contribution is 9.10. The molecule has 0 saturated carbocycles. The van der Waals surface area contributed by atoms with Gasteiger partial charge in [0.1, 0.15) is 12.4 Å². The largest absolute Gasteiger partial charge is 0.497 e. The number of hydrogen-bond acceptors (Lipinski definition) is 8. The molecule has 38 heavy (non-hydrogen) atoms. The Morgan fingerprint density at radius 2 is 1.84 bits per heavy atom. The van der Waals surface area contributed by atoms with E-state index in [2.05, 4.69) is 20.9 Å². The quantitative estimate of drug-likeness (QED) is 0.156. The van der Waals surface area contributed by atoms with Crippen molar-refractivity contribution in [1.82, 2.24) is 4.90 Å². The van der Waals surface area contributed by atoms with E-state index in [0.717, 1.165) is 11.3 Å². The Morgan fingerprint density at radius 3 is 2.50 bits per heavy atom. The number of amidine groups is 1. The second-order valence-electron chi connectivity index (χ2n) is 7.99. The van der Waals surface area contributed by atoms with E-state index >= 15 is 0 Å². The number of thioether (sulfide) groups is 1. The van der Waals surface area contributed by atoms with Gasteiger partial charge in [0.15, 0.2) is 16.7 Å². The third-order valence-corrected chi connectivity index (χ3v) is 7.28. The van der Waals surface area contributed by atoms with E-state index in [1.165, 1.54) is 31.0 Å². The van der Waals surface area contributed by atoms with E-state index in [1.54, 1.807) is 42.4 Å². The summed E-state index contributed by atoms with van der Waals surface area (Å²) in [5, 5.41) is 11.6. The second-order valence-corrected chi connectivity index (χ2v) is 9.86. The van der Waals surface area contributed by atoms with Crippen LogP contribution >= 0.6 is 27.7 Å². The maximum atomic E-state index is 13.1. The van der Waals surface area contributed by atoms with Gasteiger partial charge in [0.2, 0.25) is 0 Å². The van der Waals surface area contributed by atoms with Crippen LogP contribution in [0.3, 0.4) is 0 Å². The van der Waals surface area contributed by atoms with Crippen LogP contribution in [0.25, 0.3) is 6.08 Å². The van der Waals surface area contributed by atoms with Gasteiger partial charge in [-0.1, -0.05) is 28.1 Å². The molecule has 3 aromatic carbocycles. The summed E-state index contributed by atoms with van der Waals surface area (Å²) in [6.07, 6.45) is 1.78. The van der Waals surface area contributed by atoms with Crippen LogP contribution in [0, 0.1) is 10.1 Å². The zero-order valence-electron chi connectivity index (χ0n) is 20.8. The van der Waals surface area contributed by atoms with E-state index in [1.807, 2.05) is 31.2 Å². The van der Waals surface area contributed by atoms with Gasteiger partial charge >= 0.3 is 0 Å². The molecule has 0 unspecified atom stereocenters. The number of nitro groups is 1. The molecular formula is C27H24BrN3O6S. The van der Waals surface area contributed by atoms with Gasteiger partial charge in [-0.05, 0) is 72.3 Å². The fourth-order valence-corrected chi connectivity index (χ4v) is 5.12. The summed E-state index contributed by atoms with van der Waals surface area (Å²) in [6.45, 7) is 2.50. The zero-order valence-corrected chi connectivity index (χ0v) is 23.2. The van der Waals surface area contributed by atoms with Crippen LogP contribution < -0.4 is 14.2 Å². The predicted molar refractivity (Wildman–Crippen MR) is 151 cm³/mol. The lowest BCUT2D eigenvalue weighted by molar-refractivity contribution is -0.384. The number of aliphatic imine (C=N–C) groups is 1. The minimum atomic E-state index is -0.446. The van der Waals surface area contributed by atoms with Crippen LogP contribution in [-0.4, -0.2) is 41.7 Å². The van der Waals surface area contributed by atoms with Gasteiger partial charge in [0.25, 0.3) is 11.6 Å². The summed E-state index contributed by atoms with van der Waals surface area (Å²) < 4.78 is 17.3. The van der Waals surface area contributed by atoms with Crippen molar-refractivity contribution < 1.29 is 23.9 Å². The fourth-order valence-electron chi connectivity index (χ4n) is 3.63. The number of carbonyl (C=O) groups is 1. The number of nitro benzene ring substituents is 1. The van der Waals surface area contributed by atoms with Crippen LogP contribution in [0.15, 0.2) is 75.0 Å². The number of halogens is 1. The van der Waals surface area contributed by atoms with Crippen molar-refractivity contribution in [2.45, 2.75) is 13.5 Å². The number of benzene rings is 3. The number of ether oxygens (including phenoxy) is 3. The summed E-state index contributed by atoms with van der Waals surface area (Å²) in [5.41, 5.74) is 2.09. The molecule has 1 aliphatic heterocycles. The third-order valence-electron chi connectivity index (χ3n) is 5.59. The Labute approximate surface area is 232 Å². The zero-order chi connectivity index (χ0) is 27.2. The minimum absolute atomic E-state index is 0.00373. The fraction of sp³-hybridized carbons (Fsp3) is 0.185. The summed E-state index contributed by atoms with van der Waals surface area (Å²) in [5.74, 6) is 1.51. The Bertz CT molecular complexity index is 1420. The molecule has 0 atom stereocenters. The van der Waals surface area contributed by atoms with E-state index in [-0.39, 0.29) is 18.2 Å². The SMILES string of the molecule is CCN1C(=O)/C(=C\c2cc(OC)c(OCc3cccc([N+](=O)[O-])c3)cc2Br)SC1=Nc1ccc(OC)cc1. The van der Waals surface area contributed by atoms with Crippen molar-refractivity contribution >= 4 is 56.2 Å². The number of likely N-dealkylation sites (N-methyl/N-ethyl adjacent to an activating group) is 1. The van der Waals surface area contributed by atoms with Crippen LogP contribution in [0.5, 0.6) is 17.2 Å². The summed E-state index contributed by atoms with van der Waals surface area (Å²) in [7, 11) is 3.12. The van der Waals surface area contributed by atoms with Crippen LogP contribution in [0.4, 0.5) is 11.4 Å². The Kier molecular flexibility index (Phi) is 8.70. The molecule has 1 saturated heterocycles. The highest BCUT2D eigenvalue weighted by atomic mass is 79.9. The maximum Gasteiger partial charge on any atom is 0.269 e. The molecule has 0 bridgehead atoms. The molecule has 1 amide bonds. The summed E-state index contributed by atoms with van der Waals surface area (Å²) in [4.78, 5) is 30.5. The third kappa shape index (κ3) is 6.17. The normalized spacial score (nSPS) is 15.3. The van der Waals surface area contributed by atoms with Gasteiger partial charge in [0, 0.05) is 23.2 Å². The Hall–Kier alpha value is -3.83. The smallest absolute Gasteiger partial charge is 0.269 e. The molecule has 11 heteroatoms. The molecule has 0 N–H and O–H groups in total. The summed E-state index contributed by atoms with van der Waals surface area (Å²) >= 11 is 4.86. The second kappa shape index (κ2) is 12.1. The van der Waals surface area contributed by atoms with Crippen molar-refractivity contribution in [3.8, 4) is 17.2 Å². The first-order chi connectivity index (χ1) is 18.3. The van der Waals surface area contributed by atoms with Crippen molar-refractivity contribution in [1.29, 1.82) is 0 Å². The minimum Gasteiger partial charge on any atom is -0.497 e. The van der Waals surface area contributed by atoms with Gasteiger partial charge < -0.3 is 14.2 Å². The van der Waals surface area contributed by atoms with Crippen molar-refractivity contribution in [2.24, 2.45) is 4.99 Å². The van der Waals surface area contributed by atoms with Gasteiger partial charge in [-0.3, -0.25) is 19.8 Å². The monoisotopic (exact) mass is 597 g/mol. The Balaban J connectivity index is 1.57. The lowest BCUT2D eigenvalue weighted by Crippen LogP contribution is -2.28. The lowest BCUT2D eigenvalue weighted by atomic mass is 10.1. The molecule has 0 spiro atoms. The molecular weight excluding hydrogens is 574 g/mol. The molecule has 1 fully saturated rings. The molecule has 196 valence electrons. The van der Waals surface area contributed by atoms with Gasteiger partial charge in [-0.15, -0.1) is 0 Å². The van der Waals surface area contributed by atoms with Crippen LogP contribution in [-0.2, 0) is 11.4 Å². The number of amides is 1. The number of non-ortho nitro benzene ring substituents is 1.